The minimum absolute atomic E-state index is 0.0407. The van der Waals surface area contributed by atoms with E-state index < -0.39 is 9.84 Å². The van der Waals surface area contributed by atoms with Gasteiger partial charge in [-0.2, -0.15) is 0 Å². The van der Waals surface area contributed by atoms with Crippen LogP contribution in [0.5, 0.6) is 0 Å². The Labute approximate surface area is 161 Å². The van der Waals surface area contributed by atoms with Crippen LogP contribution >= 0.6 is 0 Å². The van der Waals surface area contributed by atoms with Gasteiger partial charge in [-0.25, -0.2) is 8.42 Å². The number of rotatable bonds is 4. The van der Waals surface area contributed by atoms with Gasteiger partial charge in [0, 0.05) is 32.1 Å². The Morgan fingerprint density at radius 3 is 2.19 bits per heavy atom. The van der Waals surface area contributed by atoms with Gasteiger partial charge in [0.2, 0.25) is 5.91 Å². The Kier molecular flexibility index (Phi) is 6.19. The van der Waals surface area contributed by atoms with E-state index in [1.807, 2.05) is 4.90 Å². The van der Waals surface area contributed by atoms with E-state index in [9.17, 15) is 18.0 Å². The summed E-state index contributed by atoms with van der Waals surface area (Å²) in [5.41, 5.74) is 0.228. The smallest absolute Gasteiger partial charge is 0.255 e. The number of benzene rings is 1. The number of nitrogens with zero attached hydrogens (tertiary/aromatic N) is 2. The Hall–Kier alpha value is -1.89. The second-order valence-electron chi connectivity index (χ2n) is 7.35. The number of hydrogen-bond donors (Lipinski definition) is 0. The van der Waals surface area contributed by atoms with Gasteiger partial charge in [0.15, 0.2) is 9.84 Å². The first kappa shape index (κ1) is 19.9. The molecule has 1 aromatic carbocycles. The Bertz CT molecular complexity index is 792. The van der Waals surface area contributed by atoms with Crippen molar-refractivity contribution in [1.29, 1.82) is 0 Å². The van der Waals surface area contributed by atoms with Crippen molar-refractivity contribution >= 4 is 21.7 Å². The molecular formula is C20H28N2O4S. The molecule has 6 nitrogen and oxygen atoms in total. The van der Waals surface area contributed by atoms with Crippen LogP contribution in [0.25, 0.3) is 0 Å². The van der Waals surface area contributed by atoms with Gasteiger partial charge in [0.1, 0.15) is 0 Å². The number of hydrogen-bond acceptors (Lipinski definition) is 4. The Morgan fingerprint density at radius 1 is 0.963 bits per heavy atom. The van der Waals surface area contributed by atoms with Crippen molar-refractivity contribution in [2.24, 2.45) is 5.92 Å². The third kappa shape index (κ3) is 4.34. The zero-order valence-corrected chi connectivity index (χ0v) is 16.7. The molecule has 2 fully saturated rings. The van der Waals surface area contributed by atoms with Crippen molar-refractivity contribution in [3.05, 3.63) is 29.8 Å². The van der Waals surface area contributed by atoms with Crippen molar-refractivity contribution in [3.8, 4) is 0 Å². The maximum atomic E-state index is 12.9. The molecule has 0 atom stereocenters. The van der Waals surface area contributed by atoms with Crippen molar-refractivity contribution in [3.63, 3.8) is 0 Å². The molecule has 1 saturated carbocycles. The average molecular weight is 393 g/mol. The molecule has 3 rings (SSSR count). The molecule has 7 heteroatoms. The second kappa shape index (κ2) is 8.42. The third-order valence-corrected chi connectivity index (χ3v) is 7.45. The van der Waals surface area contributed by atoms with Crippen molar-refractivity contribution < 1.29 is 18.0 Å². The number of piperazine rings is 1. The largest absolute Gasteiger partial charge is 0.339 e. The maximum absolute atomic E-state index is 12.9. The lowest BCUT2D eigenvalue weighted by Crippen LogP contribution is -2.52. The molecule has 0 bridgehead atoms. The van der Waals surface area contributed by atoms with Gasteiger partial charge in [0.05, 0.1) is 16.2 Å². The van der Waals surface area contributed by atoms with E-state index >= 15 is 0 Å². The first-order valence-corrected chi connectivity index (χ1v) is 11.5. The fraction of sp³-hybridized carbons (Fsp3) is 0.600. The highest BCUT2D eigenvalue weighted by molar-refractivity contribution is 7.91. The lowest BCUT2D eigenvalue weighted by atomic mass is 9.88. The molecule has 27 heavy (non-hydrogen) atoms. The highest BCUT2D eigenvalue weighted by Gasteiger charge is 2.31. The normalized spacial score (nSPS) is 19.1. The molecule has 1 aliphatic heterocycles. The van der Waals surface area contributed by atoms with Crippen LogP contribution < -0.4 is 0 Å². The molecule has 0 unspecified atom stereocenters. The molecule has 1 heterocycles. The summed E-state index contributed by atoms with van der Waals surface area (Å²) < 4.78 is 24.6. The molecule has 0 N–H and O–H groups in total. The predicted octanol–water partition coefficient (Wildman–Crippen LogP) is 2.34. The molecule has 0 radical (unpaired) electrons. The van der Waals surface area contributed by atoms with Crippen molar-refractivity contribution in [2.45, 2.75) is 43.9 Å². The summed E-state index contributed by atoms with van der Waals surface area (Å²) in [6.45, 7) is 3.50. The minimum Gasteiger partial charge on any atom is -0.339 e. The Balaban J connectivity index is 1.66. The highest BCUT2D eigenvalue weighted by Crippen LogP contribution is 2.26. The van der Waals surface area contributed by atoms with Gasteiger partial charge < -0.3 is 9.80 Å². The van der Waals surface area contributed by atoms with Crippen LogP contribution in [-0.4, -0.2) is 62.0 Å². The van der Waals surface area contributed by atoms with Gasteiger partial charge in [-0.3, -0.25) is 9.59 Å². The van der Waals surface area contributed by atoms with E-state index in [1.165, 1.54) is 12.5 Å². The summed E-state index contributed by atoms with van der Waals surface area (Å²) in [6.07, 6.45) is 5.40. The molecule has 0 aromatic heterocycles. The van der Waals surface area contributed by atoms with Crippen molar-refractivity contribution in [1.82, 2.24) is 9.80 Å². The van der Waals surface area contributed by atoms with Crippen LogP contribution in [0.1, 0.15) is 49.4 Å². The van der Waals surface area contributed by atoms with Crippen LogP contribution in [0.3, 0.4) is 0 Å². The van der Waals surface area contributed by atoms with Crippen LogP contribution in [0, 0.1) is 5.92 Å². The lowest BCUT2D eigenvalue weighted by molar-refractivity contribution is -0.138. The minimum atomic E-state index is -3.46. The van der Waals surface area contributed by atoms with Gasteiger partial charge in [-0.05, 0) is 25.0 Å². The molecular weight excluding hydrogens is 364 g/mol. The fourth-order valence-electron chi connectivity index (χ4n) is 3.98. The Morgan fingerprint density at radius 2 is 1.56 bits per heavy atom. The summed E-state index contributed by atoms with van der Waals surface area (Å²) in [6, 6.07) is 6.39. The van der Waals surface area contributed by atoms with E-state index in [0.717, 1.165) is 25.7 Å². The standard InChI is InChI=1S/C20H28N2O4S/c1-2-27(25,26)18-11-7-6-10-17(18)20(24)22-14-12-21(13-15-22)19(23)16-8-4-3-5-9-16/h6-7,10-11,16H,2-5,8-9,12-15H2,1H3. The molecule has 0 spiro atoms. The van der Waals surface area contributed by atoms with Gasteiger partial charge in [-0.1, -0.05) is 38.3 Å². The summed E-state index contributed by atoms with van der Waals surface area (Å²) in [5, 5.41) is 0. The van der Waals surface area contributed by atoms with Crippen LogP contribution in [0.4, 0.5) is 0 Å². The first-order valence-electron chi connectivity index (χ1n) is 9.84. The van der Waals surface area contributed by atoms with Gasteiger partial charge in [0.25, 0.3) is 5.91 Å². The number of carbonyl (C=O) groups is 2. The lowest BCUT2D eigenvalue weighted by Gasteiger charge is -2.37. The molecule has 1 aliphatic carbocycles. The number of carbonyl (C=O) groups excluding carboxylic acids is 2. The zero-order valence-electron chi connectivity index (χ0n) is 15.9. The summed E-state index contributed by atoms with van der Waals surface area (Å²) in [5.74, 6) is 0.0422. The van der Waals surface area contributed by atoms with E-state index in [4.69, 9.17) is 0 Å². The van der Waals surface area contributed by atoms with Gasteiger partial charge >= 0.3 is 0 Å². The second-order valence-corrected chi connectivity index (χ2v) is 9.60. The van der Waals surface area contributed by atoms with E-state index in [-0.39, 0.29) is 33.9 Å². The van der Waals surface area contributed by atoms with E-state index in [2.05, 4.69) is 0 Å². The molecule has 2 amide bonds. The summed E-state index contributed by atoms with van der Waals surface area (Å²) in [7, 11) is -3.46. The predicted molar refractivity (Wildman–Crippen MR) is 103 cm³/mol. The molecule has 2 aliphatic rings. The zero-order chi connectivity index (χ0) is 19.4. The molecule has 148 valence electrons. The summed E-state index contributed by atoms with van der Waals surface area (Å²) >= 11 is 0. The average Bonchev–Trinajstić information content (AvgIpc) is 2.73. The fourth-order valence-corrected chi connectivity index (χ4v) is 5.07. The molecule has 1 saturated heterocycles. The maximum Gasteiger partial charge on any atom is 0.255 e. The topological polar surface area (TPSA) is 74.8 Å². The van der Waals surface area contributed by atoms with E-state index in [1.54, 1.807) is 30.0 Å². The van der Waals surface area contributed by atoms with Crippen LogP contribution in [0.2, 0.25) is 0 Å². The van der Waals surface area contributed by atoms with E-state index in [0.29, 0.717) is 26.2 Å². The van der Waals surface area contributed by atoms with Crippen molar-refractivity contribution in [2.75, 3.05) is 31.9 Å². The van der Waals surface area contributed by atoms with Gasteiger partial charge in [-0.15, -0.1) is 0 Å². The first-order chi connectivity index (χ1) is 12.9. The van der Waals surface area contributed by atoms with Crippen LogP contribution in [-0.2, 0) is 14.6 Å². The quantitative estimate of drug-likeness (QED) is 0.788. The summed E-state index contributed by atoms with van der Waals surface area (Å²) in [4.78, 5) is 29.2. The molecule has 1 aromatic rings. The third-order valence-electron chi connectivity index (χ3n) is 5.67. The number of sulfone groups is 1. The van der Waals surface area contributed by atoms with Crippen LogP contribution in [0.15, 0.2) is 29.2 Å². The highest BCUT2D eigenvalue weighted by atomic mass is 32.2. The SMILES string of the molecule is CCS(=O)(=O)c1ccccc1C(=O)N1CCN(C(=O)C2CCCCC2)CC1. The number of amides is 2. The monoisotopic (exact) mass is 392 g/mol.